The molecule has 2 aliphatic rings. The van der Waals surface area contributed by atoms with Crippen LogP contribution in [0.5, 0.6) is 11.5 Å². The first-order valence-electron chi connectivity index (χ1n) is 8.02. The Morgan fingerprint density at radius 2 is 2.10 bits per heavy atom. The van der Waals surface area contributed by atoms with Crippen molar-refractivity contribution in [3.63, 3.8) is 0 Å². The number of hydrogen-bond acceptors (Lipinski definition) is 4. The van der Waals surface area contributed by atoms with E-state index in [4.69, 9.17) is 14.2 Å². The molecule has 2 saturated heterocycles. The second kappa shape index (κ2) is 7.14. The van der Waals surface area contributed by atoms with Gasteiger partial charge in [0, 0.05) is 12.6 Å². The van der Waals surface area contributed by atoms with Crippen molar-refractivity contribution in [2.75, 3.05) is 26.9 Å². The summed E-state index contributed by atoms with van der Waals surface area (Å²) < 4.78 is 17.0. The Balaban J connectivity index is 1.71. The smallest absolute Gasteiger partial charge is 0.161 e. The summed E-state index contributed by atoms with van der Waals surface area (Å²) in [6.45, 7) is 2.63. The predicted octanol–water partition coefficient (Wildman–Crippen LogP) is 3.07. The van der Waals surface area contributed by atoms with E-state index in [2.05, 4.69) is 17.4 Å². The number of piperidine rings is 1. The molecule has 1 N–H and O–H groups in total. The van der Waals surface area contributed by atoms with Crippen molar-refractivity contribution in [2.45, 2.75) is 44.2 Å². The zero-order valence-corrected chi connectivity index (χ0v) is 12.8. The van der Waals surface area contributed by atoms with E-state index in [1.165, 1.54) is 24.8 Å². The van der Waals surface area contributed by atoms with E-state index < -0.39 is 0 Å². The molecule has 2 atom stereocenters. The largest absolute Gasteiger partial charge is 0.493 e. The van der Waals surface area contributed by atoms with Gasteiger partial charge in [-0.25, -0.2) is 0 Å². The summed E-state index contributed by atoms with van der Waals surface area (Å²) in [6, 6.07) is 6.76. The lowest BCUT2D eigenvalue weighted by Crippen LogP contribution is -2.28. The fourth-order valence-electron chi connectivity index (χ4n) is 3.12. The molecule has 0 spiro atoms. The lowest BCUT2D eigenvalue weighted by Gasteiger charge is -2.26. The fourth-order valence-corrected chi connectivity index (χ4v) is 3.12. The van der Waals surface area contributed by atoms with Gasteiger partial charge in [0.2, 0.25) is 0 Å². The van der Waals surface area contributed by atoms with Gasteiger partial charge in [-0.3, -0.25) is 0 Å². The molecular formula is C17H25NO3. The molecule has 0 aliphatic carbocycles. The van der Waals surface area contributed by atoms with Gasteiger partial charge in [-0.15, -0.1) is 0 Å². The highest BCUT2D eigenvalue weighted by molar-refractivity contribution is 5.44. The molecule has 3 rings (SSSR count). The normalized spacial score (nSPS) is 26.3. The first-order chi connectivity index (χ1) is 10.4. The second-order valence-electron chi connectivity index (χ2n) is 5.87. The SMILES string of the molecule is COc1cc(C2CCCCN2)ccc1OC1CCCOC1. The number of rotatable bonds is 4. The molecule has 4 heteroatoms. The average Bonchev–Trinajstić information content (AvgIpc) is 2.57. The van der Waals surface area contributed by atoms with Crippen LogP contribution >= 0.6 is 0 Å². The Morgan fingerprint density at radius 1 is 1.14 bits per heavy atom. The average molecular weight is 291 g/mol. The first kappa shape index (κ1) is 14.7. The van der Waals surface area contributed by atoms with Gasteiger partial charge in [-0.05, 0) is 49.9 Å². The van der Waals surface area contributed by atoms with Crippen molar-refractivity contribution in [3.05, 3.63) is 23.8 Å². The molecule has 2 aliphatic heterocycles. The van der Waals surface area contributed by atoms with Gasteiger partial charge in [0.1, 0.15) is 6.10 Å². The zero-order valence-electron chi connectivity index (χ0n) is 12.8. The summed E-state index contributed by atoms with van der Waals surface area (Å²) in [6.07, 6.45) is 6.02. The van der Waals surface area contributed by atoms with Gasteiger partial charge >= 0.3 is 0 Å². The monoisotopic (exact) mass is 291 g/mol. The van der Waals surface area contributed by atoms with Gasteiger partial charge in [0.15, 0.2) is 11.5 Å². The van der Waals surface area contributed by atoms with Crippen molar-refractivity contribution in [2.24, 2.45) is 0 Å². The minimum Gasteiger partial charge on any atom is -0.493 e. The molecule has 2 unspecified atom stereocenters. The molecular weight excluding hydrogens is 266 g/mol. The van der Waals surface area contributed by atoms with Gasteiger partial charge < -0.3 is 19.5 Å². The number of benzene rings is 1. The third-order valence-corrected chi connectivity index (χ3v) is 4.31. The van der Waals surface area contributed by atoms with Crippen LogP contribution in [0.25, 0.3) is 0 Å². The molecule has 116 valence electrons. The summed E-state index contributed by atoms with van der Waals surface area (Å²) in [5.74, 6) is 1.65. The van der Waals surface area contributed by atoms with Crippen molar-refractivity contribution < 1.29 is 14.2 Å². The summed E-state index contributed by atoms with van der Waals surface area (Å²) in [5, 5.41) is 3.57. The summed E-state index contributed by atoms with van der Waals surface area (Å²) in [7, 11) is 1.71. The highest BCUT2D eigenvalue weighted by Crippen LogP contribution is 2.33. The Labute approximate surface area is 126 Å². The molecule has 21 heavy (non-hydrogen) atoms. The van der Waals surface area contributed by atoms with Crippen LogP contribution in [0.4, 0.5) is 0 Å². The van der Waals surface area contributed by atoms with Crippen LogP contribution in [0.1, 0.15) is 43.7 Å². The van der Waals surface area contributed by atoms with E-state index in [9.17, 15) is 0 Å². The van der Waals surface area contributed by atoms with Crippen LogP contribution in [-0.2, 0) is 4.74 Å². The maximum absolute atomic E-state index is 6.05. The zero-order chi connectivity index (χ0) is 14.5. The third kappa shape index (κ3) is 3.69. The van der Waals surface area contributed by atoms with Gasteiger partial charge in [0.05, 0.1) is 13.7 Å². The van der Waals surface area contributed by atoms with E-state index in [1.807, 2.05) is 6.07 Å². The Bertz CT molecular complexity index is 451. The molecule has 0 radical (unpaired) electrons. The number of ether oxygens (including phenoxy) is 3. The van der Waals surface area contributed by atoms with E-state index in [0.29, 0.717) is 12.6 Å². The van der Waals surface area contributed by atoms with Crippen molar-refractivity contribution in [1.29, 1.82) is 0 Å². The van der Waals surface area contributed by atoms with Crippen molar-refractivity contribution in [1.82, 2.24) is 5.32 Å². The highest BCUT2D eigenvalue weighted by Gasteiger charge is 2.20. The van der Waals surface area contributed by atoms with E-state index in [0.717, 1.165) is 37.5 Å². The standard InChI is InChI=1S/C17H25NO3/c1-19-17-11-13(15-6-2-3-9-18-15)7-8-16(17)21-14-5-4-10-20-12-14/h7-8,11,14-15,18H,2-6,9-10,12H2,1H3. The van der Waals surface area contributed by atoms with Gasteiger partial charge in [-0.1, -0.05) is 12.5 Å². The van der Waals surface area contributed by atoms with Crippen LogP contribution in [0, 0.1) is 0 Å². The Kier molecular flexibility index (Phi) is 4.99. The Morgan fingerprint density at radius 3 is 2.81 bits per heavy atom. The van der Waals surface area contributed by atoms with E-state index in [-0.39, 0.29) is 6.10 Å². The molecule has 0 saturated carbocycles. The van der Waals surface area contributed by atoms with Crippen LogP contribution in [0.3, 0.4) is 0 Å². The maximum atomic E-state index is 6.05. The molecule has 0 bridgehead atoms. The van der Waals surface area contributed by atoms with Crippen LogP contribution in [0.15, 0.2) is 18.2 Å². The van der Waals surface area contributed by atoms with Crippen molar-refractivity contribution >= 4 is 0 Å². The molecule has 1 aromatic carbocycles. The molecule has 0 aromatic heterocycles. The number of hydrogen-bond donors (Lipinski definition) is 1. The number of nitrogens with one attached hydrogen (secondary N) is 1. The molecule has 1 aromatic rings. The molecule has 2 heterocycles. The quantitative estimate of drug-likeness (QED) is 0.925. The summed E-state index contributed by atoms with van der Waals surface area (Å²) in [5.41, 5.74) is 1.29. The lowest BCUT2D eigenvalue weighted by atomic mass is 9.97. The summed E-state index contributed by atoms with van der Waals surface area (Å²) in [4.78, 5) is 0. The molecule has 4 nitrogen and oxygen atoms in total. The van der Waals surface area contributed by atoms with E-state index >= 15 is 0 Å². The topological polar surface area (TPSA) is 39.7 Å². The summed E-state index contributed by atoms with van der Waals surface area (Å²) >= 11 is 0. The minimum absolute atomic E-state index is 0.145. The fraction of sp³-hybridized carbons (Fsp3) is 0.647. The molecule has 0 amide bonds. The van der Waals surface area contributed by atoms with Gasteiger partial charge in [-0.2, -0.15) is 0 Å². The van der Waals surface area contributed by atoms with Crippen molar-refractivity contribution in [3.8, 4) is 11.5 Å². The van der Waals surface area contributed by atoms with Crippen LogP contribution < -0.4 is 14.8 Å². The van der Waals surface area contributed by atoms with Crippen LogP contribution in [0.2, 0.25) is 0 Å². The molecule has 2 fully saturated rings. The number of methoxy groups -OCH3 is 1. The minimum atomic E-state index is 0.145. The van der Waals surface area contributed by atoms with E-state index in [1.54, 1.807) is 7.11 Å². The van der Waals surface area contributed by atoms with Gasteiger partial charge in [0.25, 0.3) is 0 Å². The Hall–Kier alpha value is -1.26. The predicted molar refractivity (Wildman–Crippen MR) is 82.1 cm³/mol. The second-order valence-corrected chi connectivity index (χ2v) is 5.87. The first-order valence-corrected chi connectivity index (χ1v) is 8.02. The third-order valence-electron chi connectivity index (χ3n) is 4.31. The van der Waals surface area contributed by atoms with Crippen LogP contribution in [-0.4, -0.2) is 33.0 Å². The highest BCUT2D eigenvalue weighted by atomic mass is 16.5. The maximum Gasteiger partial charge on any atom is 0.161 e. The lowest BCUT2D eigenvalue weighted by molar-refractivity contribution is 0.00643.